The van der Waals surface area contributed by atoms with E-state index in [0.29, 0.717) is 11.8 Å². The summed E-state index contributed by atoms with van der Waals surface area (Å²) in [6.07, 6.45) is 8.16. The molecule has 1 aliphatic heterocycles. The van der Waals surface area contributed by atoms with Gasteiger partial charge >= 0.3 is 5.97 Å². The van der Waals surface area contributed by atoms with Crippen molar-refractivity contribution in [1.29, 1.82) is 0 Å². The van der Waals surface area contributed by atoms with Gasteiger partial charge in [-0.05, 0) is 109 Å². The number of allylic oxidation sites excluding steroid dienone is 2. The van der Waals surface area contributed by atoms with Crippen LogP contribution in [0.1, 0.15) is 113 Å². The summed E-state index contributed by atoms with van der Waals surface area (Å²) < 4.78 is 17.7. The fraction of sp³-hybridized carbons (Fsp3) is 0.917. The molecule has 0 bridgehead atoms. The average Bonchev–Trinajstić information content (AvgIpc) is 2.94. The minimum atomic E-state index is -1.27. The summed E-state index contributed by atoms with van der Waals surface area (Å²) in [5.74, 6) is 1.23. The first kappa shape index (κ1) is 32.0. The molecule has 6 rings (SSSR count). The van der Waals surface area contributed by atoms with Gasteiger partial charge in [-0.3, -0.25) is 4.79 Å². The lowest BCUT2D eigenvalue weighted by Gasteiger charge is -2.71. The van der Waals surface area contributed by atoms with E-state index in [0.717, 1.165) is 64.2 Å². The van der Waals surface area contributed by atoms with Crippen LogP contribution in [0.25, 0.3) is 0 Å². The Morgan fingerprint density at radius 2 is 1.58 bits per heavy atom. The molecule has 43 heavy (non-hydrogen) atoms. The number of fused-ring (bicyclic) bond motifs is 7. The van der Waals surface area contributed by atoms with Crippen LogP contribution in [0.15, 0.2) is 11.6 Å². The zero-order valence-electron chi connectivity index (χ0n) is 27.9. The standard InChI is InChI=1S/C36H58O7/c1-31(2)15-17-36(30(40)41-8)18-16-34(6)21(22(36)19-31)9-10-25-33(5)13-12-26(32(3,4)24(33)11-14-35(25,34)7)43-29-28(39)27(38)23(37)20-42-29/h9,22-29,37-39H,10-20H2,1-8H3/t22-,23-,24-,25+,26-,27+,28-,29+,33-,34+,35+,36-/m0/s1. The van der Waals surface area contributed by atoms with E-state index >= 15 is 0 Å². The number of carbonyl (C=O) groups is 1. The second kappa shape index (κ2) is 10.3. The highest BCUT2D eigenvalue weighted by Crippen LogP contribution is 2.76. The molecule has 0 radical (unpaired) electrons. The van der Waals surface area contributed by atoms with E-state index in [2.05, 4.69) is 54.5 Å². The van der Waals surface area contributed by atoms with Crippen molar-refractivity contribution in [3.63, 3.8) is 0 Å². The van der Waals surface area contributed by atoms with Crippen molar-refractivity contribution in [3.05, 3.63) is 11.6 Å². The third-order valence-electron chi connectivity index (χ3n) is 14.9. The van der Waals surface area contributed by atoms with E-state index in [1.807, 2.05) is 0 Å². The van der Waals surface area contributed by atoms with Crippen molar-refractivity contribution in [1.82, 2.24) is 0 Å². The molecular formula is C36H58O7. The summed E-state index contributed by atoms with van der Waals surface area (Å²) >= 11 is 0. The molecule has 6 aliphatic rings. The van der Waals surface area contributed by atoms with E-state index in [4.69, 9.17) is 14.2 Å². The quantitative estimate of drug-likeness (QED) is 0.214. The van der Waals surface area contributed by atoms with Crippen molar-refractivity contribution in [2.75, 3.05) is 13.7 Å². The van der Waals surface area contributed by atoms with Gasteiger partial charge in [0.2, 0.25) is 0 Å². The molecular weight excluding hydrogens is 544 g/mol. The largest absolute Gasteiger partial charge is 0.469 e. The Morgan fingerprint density at radius 1 is 0.884 bits per heavy atom. The zero-order chi connectivity index (χ0) is 31.4. The van der Waals surface area contributed by atoms with Gasteiger partial charge in [-0.1, -0.05) is 60.1 Å². The number of hydrogen-bond donors (Lipinski definition) is 3. The zero-order valence-corrected chi connectivity index (χ0v) is 27.9. The lowest BCUT2D eigenvalue weighted by molar-refractivity contribution is -0.308. The van der Waals surface area contributed by atoms with E-state index in [1.54, 1.807) is 12.7 Å². The van der Waals surface area contributed by atoms with Crippen molar-refractivity contribution in [3.8, 4) is 0 Å². The van der Waals surface area contributed by atoms with Crippen LogP contribution in [-0.2, 0) is 19.0 Å². The molecule has 0 aromatic carbocycles. The lowest BCUT2D eigenvalue weighted by atomic mass is 9.33. The summed E-state index contributed by atoms with van der Waals surface area (Å²) in [6.45, 7) is 17.0. The summed E-state index contributed by atoms with van der Waals surface area (Å²) in [5, 5.41) is 30.8. The topological polar surface area (TPSA) is 105 Å². The first-order valence-corrected chi connectivity index (χ1v) is 17.1. The highest BCUT2D eigenvalue weighted by molar-refractivity contribution is 5.78. The van der Waals surface area contributed by atoms with Crippen molar-refractivity contribution < 1.29 is 34.3 Å². The first-order valence-electron chi connectivity index (χ1n) is 17.1. The monoisotopic (exact) mass is 602 g/mol. The SMILES string of the molecule is COC(=O)[C@]12CCC(C)(C)C[C@H]1C1=CC[C@@H]3[C@@]4(C)CC[C@H](O[C@H]5OC[C@H](O)[C@@H](O)[C@@H]5O)C(C)(C)[C@@H]4CC[C@@]3(C)[C@]1(C)CC2. The number of esters is 1. The summed E-state index contributed by atoms with van der Waals surface area (Å²) in [6, 6.07) is 0. The molecule has 3 N–H and O–H groups in total. The predicted octanol–water partition coefficient (Wildman–Crippen LogP) is 5.79. The number of ether oxygens (including phenoxy) is 3. The van der Waals surface area contributed by atoms with Crippen LogP contribution in [0.4, 0.5) is 0 Å². The molecule has 5 fully saturated rings. The Labute approximate surface area is 259 Å². The van der Waals surface area contributed by atoms with E-state index < -0.39 is 24.6 Å². The average molecular weight is 603 g/mol. The van der Waals surface area contributed by atoms with Crippen molar-refractivity contribution in [2.24, 2.45) is 50.2 Å². The van der Waals surface area contributed by atoms with Crippen LogP contribution in [0, 0.1) is 50.2 Å². The van der Waals surface area contributed by atoms with Gasteiger partial charge in [0.15, 0.2) is 6.29 Å². The molecule has 5 aliphatic carbocycles. The summed E-state index contributed by atoms with van der Waals surface area (Å²) in [4.78, 5) is 13.5. The maximum atomic E-state index is 13.5. The van der Waals surface area contributed by atoms with E-state index in [1.165, 1.54) is 0 Å². The number of rotatable bonds is 3. The second-order valence-electron chi connectivity index (χ2n) is 17.6. The third-order valence-corrected chi connectivity index (χ3v) is 14.9. The first-order chi connectivity index (χ1) is 20.0. The fourth-order valence-corrected chi connectivity index (χ4v) is 12.1. The van der Waals surface area contributed by atoms with Crippen LogP contribution in [-0.4, -0.2) is 65.7 Å². The molecule has 0 unspecified atom stereocenters. The van der Waals surface area contributed by atoms with Crippen molar-refractivity contribution >= 4 is 5.97 Å². The fourth-order valence-electron chi connectivity index (χ4n) is 12.1. The van der Waals surface area contributed by atoms with Gasteiger partial charge in [-0.15, -0.1) is 0 Å². The van der Waals surface area contributed by atoms with Gasteiger partial charge in [0, 0.05) is 0 Å². The van der Waals surface area contributed by atoms with Gasteiger partial charge in [0.25, 0.3) is 0 Å². The second-order valence-corrected chi connectivity index (χ2v) is 17.6. The highest BCUT2D eigenvalue weighted by atomic mass is 16.7. The maximum Gasteiger partial charge on any atom is 0.312 e. The van der Waals surface area contributed by atoms with Crippen molar-refractivity contribution in [2.45, 2.75) is 143 Å². The summed E-state index contributed by atoms with van der Waals surface area (Å²) in [5.41, 5.74) is 1.56. The molecule has 244 valence electrons. The minimum absolute atomic E-state index is 0.00746. The predicted molar refractivity (Wildman–Crippen MR) is 164 cm³/mol. The Bertz CT molecular complexity index is 1150. The van der Waals surface area contributed by atoms with Gasteiger partial charge < -0.3 is 29.5 Å². The van der Waals surface area contributed by atoms with Crippen LogP contribution >= 0.6 is 0 Å². The van der Waals surface area contributed by atoms with E-state index in [-0.39, 0.29) is 57.1 Å². The van der Waals surface area contributed by atoms with Crippen LogP contribution in [0.2, 0.25) is 0 Å². The number of aliphatic hydroxyl groups excluding tert-OH is 3. The maximum absolute atomic E-state index is 13.5. The normalized spacial score (nSPS) is 52.0. The number of hydrogen-bond acceptors (Lipinski definition) is 7. The molecule has 1 heterocycles. The number of carbonyl (C=O) groups excluding carboxylic acids is 1. The molecule has 0 aromatic heterocycles. The van der Waals surface area contributed by atoms with Gasteiger partial charge in [-0.25, -0.2) is 0 Å². The van der Waals surface area contributed by atoms with Crippen LogP contribution in [0.3, 0.4) is 0 Å². The van der Waals surface area contributed by atoms with E-state index in [9.17, 15) is 20.1 Å². The molecule has 0 spiro atoms. The molecule has 7 heteroatoms. The van der Waals surface area contributed by atoms with Gasteiger partial charge in [0.1, 0.15) is 18.3 Å². The Hall–Kier alpha value is -0.990. The van der Waals surface area contributed by atoms with Crippen LogP contribution < -0.4 is 0 Å². The Morgan fingerprint density at radius 3 is 2.28 bits per heavy atom. The molecule has 12 atom stereocenters. The third kappa shape index (κ3) is 4.41. The number of methoxy groups -OCH3 is 1. The summed E-state index contributed by atoms with van der Waals surface area (Å²) in [7, 11) is 1.57. The molecule has 0 amide bonds. The molecule has 0 aromatic rings. The van der Waals surface area contributed by atoms with Gasteiger partial charge in [-0.2, -0.15) is 0 Å². The Balaban J connectivity index is 1.30. The smallest absolute Gasteiger partial charge is 0.312 e. The van der Waals surface area contributed by atoms with Crippen LogP contribution in [0.5, 0.6) is 0 Å². The number of aliphatic hydroxyl groups is 3. The minimum Gasteiger partial charge on any atom is -0.469 e. The van der Waals surface area contributed by atoms with Gasteiger partial charge in [0.05, 0.1) is 25.2 Å². The molecule has 4 saturated carbocycles. The molecule has 7 nitrogen and oxygen atoms in total. The molecule has 1 saturated heterocycles. The highest BCUT2D eigenvalue weighted by Gasteiger charge is 2.69. The Kier molecular flexibility index (Phi) is 7.62. The lowest BCUT2D eigenvalue weighted by Crippen LogP contribution is -2.65.